The van der Waals surface area contributed by atoms with Crippen molar-refractivity contribution in [3.8, 4) is 16.9 Å². The van der Waals surface area contributed by atoms with E-state index in [1.165, 1.54) is 11.3 Å². The summed E-state index contributed by atoms with van der Waals surface area (Å²) in [6.45, 7) is 2.04. The first-order valence-corrected chi connectivity index (χ1v) is 10.6. The molecular weight excluding hydrogens is 370 g/mol. The van der Waals surface area contributed by atoms with E-state index in [0.717, 1.165) is 29.1 Å². The SMILES string of the molecule is CCOC(=O)c1c(-c2ccc(OC)cc2)csc1NC(=O)CCCSC. The van der Waals surface area contributed by atoms with Crippen LogP contribution in [-0.2, 0) is 9.53 Å². The molecule has 0 atom stereocenters. The summed E-state index contributed by atoms with van der Waals surface area (Å²) in [7, 11) is 1.61. The molecule has 1 N–H and O–H groups in total. The van der Waals surface area contributed by atoms with Gasteiger partial charge in [-0.1, -0.05) is 12.1 Å². The maximum Gasteiger partial charge on any atom is 0.341 e. The molecule has 0 radical (unpaired) electrons. The molecule has 0 saturated carbocycles. The molecule has 0 aliphatic carbocycles. The van der Waals surface area contributed by atoms with Gasteiger partial charge >= 0.3 is 5.97 Å². The summed E-state index contributed by atoms with van der Waals surface area (Å²) in [5.41, 5.74) is 2.02. The standard InChI is InChI=1S/C19H23NO4S2/c1-4-24-19(22)17-15(13-7-9-14(23-2)10-8-13)12-26-18(17)20-16(21)6-5-11-25-3/h7-10,12H,4-6,11H2,1-3H3,(H,20,21). The summed E-state index contributed by atoms with van der Waals surface area (Å²) in [5, 5.41) is 5.26. The Morgan fingerprint density at radius 1 is 1.23 bits per heavy atom. The highest BCUT2D eigenvalue weighted by Gasteiger charge is 2.22. The van der Waals surface area contributed by atoms with E-state index in [4.69, 9.17) is 9.47 Å². The van der Waals surface area contributed by atoms with Crippen molar-refractivity contribution in [1.82, 2.24) is 0 Å². The topological polar surface area (TPSA) is 64.6 Å². The van der Waals surface area contributed by atoms with Crippen LogP contribution < -0.4 is 10.1 Å². The molecular formula is C19H23NO4S2. The summed E-state index contributed by atoms with van der Waals surface area (Å²) >= 11 is 3.04. The number of thioether (sulfide) groups is 1. The number of amides is 1. The van der Waals surface area contributed by atoms with Gasteiger partial charge in [-0.2, -0.15) is 11.8 Å². The van der Waals surface area contributed by atoms with Crippen LogP contribution in [0.5, 0.6) is 5.75 Å². The second-order valence-electron chi connectivity index (χ2n) is 5.45. The third-order valence-corrected chi connectivity index (χ3v) is 5.27. The van der Waals surface area contributed by atoms with Gasteiger partial charge in [-0.15, -0.1) is 11.3 Å². The molecule has 26 heavy (non-hydrogen) atoms. The monoisotopic (exact) mass is 393 g/mol. The molecule has 0 fully saturated rings. The first kappa shape index (κ1) is 20.3. The molecule has 0 bridgehead atoms. The Labute approximate surface area is 162 Å². The first-order valence-electron chi connectivity index (χ1n) is 8.32. The predicted octanol–water partition coefficient (Wildman–Crippen LogP) is 4.68. The van der Waals surface area contributed by atoms with Crippen molar-refractivity contribution >= 4 is 40.0 Å². The van der Waals surface area contributed by atoms with Crippen LogP contribution in [0, 0.1) is 0 Å². The van der Waals surface area contributed by atoms with E-state index >= 15 is 0 Å². The summed E-state index contributed by atoms with van der Waals surface area (Å²) in [6.07, 6.45) is 3.24. The predicted molar refractivity (Wildman–Crippen MR) is 109 cm³/mol. The van der Waals surface area contributed by atoms with Crippen LogP contribution in [0.25, 0.3) is 11.1 Å². The normalized spacial score (nSPS) is 10.4. The van der Waals surface area contributed by atoms with Crippen LogP contribution >= 0.6 is 23.1 Å². The van der Waals surface area contributed by atoms with Gasteiger partial charge in [0.25, 0.3) is 0 Å². The van der Waals surface area contributed by atoms with Crippen LogP contribution in [-0.4, -0.2) is 37.6 Å². The molecule has 5 nitrogen and oxygen atoms in total. The molecule has 0 aliphatic rings. The number of rotatable bonds is 9. The van der Waals surface area contributed by atoms with Crippen molar-refractivity contribution in [3.63, 3.8) is 0 Å². The molecule has 140 valence electrons. The van der Waals surface area contributed by atoms with Gasteiger partial charge in [0, 0.05) is 17.4 Å². The fourth-order valence-electron chi connectivity index (χ4n) is 2.41. The highest BCUT2D eigenvalue weighted by atomic mass is 32.2. The Bertz CT molecular complexity index is 740. The number of esters is 1. The Balaban J connectivity index is 2.29. The molecule has 1 heterocycles. The fourth-order valence-corrected chi connectivity index (χ4v) is 3.81. The van der Waals surface area contributed by atoms with Crippen molar-refractivity contribution in [2.75, 3.05) is 31.0 Å². The highest BCUT2D eigenvalue weighted by Crippen LogP contribution is 2.37. The summed E-state index contributed by atoms with van der Waals surface area (Å²) in [6, 6.07) is 7.44. The van der Waals surface area contributed by atoms with Gasteiger partial charge in [0.05, 0.1) is 13.7 Å². The molecule has 0 aliphatic heterocycles. The lowest BCUT2D eigenvalue weighted by Crippen LogP contribution is -2.14. The molecule has 2 rings (SSSR count). The number of methoxy groups -OCH3 is 1. The van der Waals surface area contributed by atoms with Crippen molar-refractivity contribution < 1.29 is 19.1 Å². The molecule has 1 aromatic heterocycles. The van der Waals surface area contributed by atoms with Gasteiger partial charge in [0.1, 0.15) is 16.3 Å². The Morgan fingerprint density at radius 3 is 2.58 bits per heavy atom. The van der Waals surface area contributed by atoms with Gasteiger partial charge in [-0.25, -0.2) is 4.79 Å². The van der Waals surface area contributed by atoms with Gasteiger partial charge < -0.3 is 14.8 Å². The number of benzene rings is 1. The molecule has 1 amide bonds. The number of thiophene rings is 1. The lowest BCUT2D eigenvalue weighted by Gasteiger charge is -2.09. The number of carbonyl (C=O) groups is 2. The zero-order valence-corrected chi connectivity index (χ0v) is 16.8. The van der Waals surface area contributed by atoms with Crippen molar-refractivity contribution in [3.05, 3.63) is 35.2 Å². The van der Waals surface area contributed by atoms with Gasteiger partial charge in [0.15, 0.2) is 0 Å². The average molecular weight is 394 g/mol. The fraction of sp³-hybridized carbons (Fsp3) is 0.368. The van der Waals surface area contributed by atoms with E-state index in [1.54, 1.807) is 25.8 Å². The molecule has 0 unspecified atom stereocenters. The van der Waals surface area contributed by atoms with E-state index in [0.29, 0.717) is 17.0 Å². The quantitative estimate of drug-likeness (QED) is 0.495. The van der Waals surface area contributed by atoms with Crippen molar-refractivity contribution in [1.29, 1.82) is 0 Å². The lowest BCUT2D eigenvalue weighted by atomic mass is 10.0. The second-order valence-corrected chi connectivity index (χ2v) is 7.31. The summed E-state index contributed by atoms with van der Waals surface area (Å²) in [4.78, 5) is 24.7. The van der Waals surface area contributed by atoms with Crippen LogP contribution in [0.1, 0.15) is 30.1 Å². The number of hydrogen-bond acceptors (Lipinski definition) is 6. The van der Waals surface area contributed by atoms with Gasteiger partial charge in [0.2, 0.25) is 5.91 Å². The van der Waals surface area contributed by atoms with Gasteiger partial charge in [-0.05, 0) is 43.0 Å². The largest absolute Gasteiger partial charge is 0.497 e. The molecule has 1 aromatic carbocycles. The number of hydrogen-bond donors (Lipinski definition) is 1. The van der Waals surface area contributed by atoms with Gasteiger partial charge in [-0.3, -0.25) is 4.79 Å². The minimum absolute atomic E-state index is 0.0901. The molecule has 0 saturated heterocycles. The molecule has 7 heteroatoms. The first-order chi connectivity index (χ1) is 12.6. The minimum Gasteiger partial charge on any atom is -0.497 e. The van der Waals surface area contributed by atoms with Crippen molar-refractivity contribution in [2.24, 2.45) is 0 Å². The minimum atomic E-state index is -0.431. The van der Waals surface area contributed by atoms with E-state index in [2.05, 4.69) is 5.32 Å². The third-order valence-electron chi connectivity index (χ3n) is 3.68. The van der Waals surface area contributed by atoms with E-state index < -0.39 is 5.97 Å². The molecule has 0 spiro atoms. The number of carbonyl (C=O) groups excluding carboxylic acids is 2. The maximum absolute atomic E-state index is 12.5. The van der Waals surface area contributed by atoms with Crippen LogP contribution in [0.3, 0.4) is 0 Å². The van der Waals surface area contributed by atoms with E-state index in [1.807, 2.05) is 35.9 Å². The Hall–Kier alpha value is -1.99. The average Bonchev–Trinajstić information content (AvgIpc) is 3.05. The number of nitrogens with one attached hydrogen (secondary N) is 1. The second kappa shape index (κ2) is 10.2. The smallest absolute Gasteiger partial charge is 0.341 e. The van der Waals surface area contributed by atoms with Crippen LogP contribution in [0.2, 0.25) is 0 Å². The zero-order chi connectivity index (χ0) is 18.9. The van der Waals surface area contributed by atoms with E-state index in [9.17, 15) is 9.59 Å². The maximum atomic E-state index is 12.5. The number of ether oxygens (including phenoxy) is 2. The summed E-state index contributed by atoms with van der Waals surface area (Å²) < 4.78 is 10.4. The zero-order valence-electron chi connectivity index (χ0n) is 15.2. The third kappa shape index (κ3) is 5.25. The summed E-state index contributed by atoms with van der Waals surface area (Å²) in [5.74, 6) is 1.15. The Kier molecular flexibility index (Phi) is 8.00. The van der Waals surface area contributed by atoms with E-state index in [-0.39, 0.29) is 12.5 Å². The van der Waals surface area contributed by atoms with Crippen LogP contribution in [0.4, 0.5) is 5.00 Å². The number of anilines is 1. The van der Waals surface area contributed by atoms with Crippen LogP contribution in [0.15, 0.2) is 29.6 Å². The highest BCUT2D eigenvalue weighted by molar-refractivity contribution is 7.98. The molecule has 2 aromatic rings. The lowest BCUT2D eigenvalue weighted by molar-refractivity contribution is -0.116. The van der Waals surface area contributed by atoms with Crippen molar-refractivity contribution in [2.45, 2.75) is 19.8 Å². The Morgan fingerprint density at radius 2 is 1.96 bits per heavy atom.